The topological polar surface area (TPSA) is 124 Å². The Labute approximate surface area is 114 Å². The second kappa shape index (κ2) is 5.15. The van der Waals surface area contributed by atoms with Gasteiger partial charge in [0, 0.05) is 0 Å². The average molecular weight is 325 g/mol. The van der Waals surface area contributed by atoms with Crippen LogP contribution in [0.4, 0.5) is 0 Å². The molecule has 0 saturated carbocycles. The Morgan fingerprint density at radius 2 is 1.00 bits per heavy atom. The lowest BCUT2D eigenvalue weighted by atomic mass is 11.6. The fraction of sp³-hybridized carbons (Fsp3) is 1.00. The van der Waals surface area contributed by atoms with Crippen LogP contribution in [0.3, 0.4) is 0 Å². The normalized spacial score (nSPS) is 50.7. The molecule has 0 amide bonds. The van der Waals surface area contributed by atoms with Crippen LogP contribution >= 0.6 is 0 Å². The Morgan fingerprint density at radius 1 is 0.667 bits per heavy atom. The van der Waals surface area contributed by atoms with Crippen LogP contribution in [0.25, 0.3) is 0 Å². The van der Waals surface area contributed by atoms with Gasteiger partial charge in [-0.1, -0.05) is 0 Å². The third-order valence-corrected chi connectivity index (χ3v) is 21.3. The first-order valence-electron chi connectivity index (χ1n) is 6.08. The first-order valence-corrected chi connectivity index (χ1v) is 16.2. The zero-order valence-corrected chi connectivity index (χ0v) is 16.2. The first-order chi connectivity index (χ1) is 7.95. The molecule has 1 rings (SSSR count). The van der Waals surface area contributed by atoms with Crippen LogP contribution in [0.1, 0.15) is 0 Å². The molecule has 0 aromatic heterocycles. The van der Waals surface area contributed by atoms with E-state index < -0.39 is 34.2 Å². The number of rotatable bonds is 2. The molecule has 1 heterocycles. The molecule has 4 unspecified atom stereocenters. The molecule has 4 atom stereocenters. The van der Waals surface area contributed by atoms with Gasteiger partial charge >= 0.3 is 0 Å². The van der Waals surface area contributed by atoms with Gasteiger partial charge in [0.1, 0.15) is 0 Å². The van der Waals surface area contributed by atoms with E-state index in [0.717, 1.165) is 0 Å². The fourth-order valence-electron chi connectivity index (χ4n) is 2.45. The summed E-state index contributed by atoms with van der Waals surface area (Å²) in [5.74, 6) is 0. The molecule has 10 N–H and O–H groups in total. The van der Waals surface area contributed by atoms with Crippen molar-refractivity contribution in [3.05, 3.63) is 0 Å². The highest BCUT2D eigenvalue weighted by Gasteiger charge is 2.49. The van der Waals surface area contributed by atoms with Gasteiger partial charge in [-0.05, 0) is 40.3 Å². The molecular weight excluding hydrogens is 296 g/mol. The summed E-state index contributed by atoms with van der Waals surface area (Å²) in [4.78, 5) is 6.76. The van der Waals surface area contributed by atoms with Crippen molar-refractivity contribution in [2.24, 2.45) is 10.8 Å². The Hall–Kier alpha value is 0.548. The van der Waals surface area contributed by atoms with E-state index in [1.165, 1.54) is 0 Å². The summed E-state index contributed by atoms with van der Waals surface area (Å²) in [5, 5.41) is 12.8. The van der Waals surface area contributed by atoms with Crippen molar-refractivity contribution in [2.75, 3.05) is 14.1 Å². The van der Waals surface area contributed by atoms with Gasteiger partial charge in [0.2, 0.25) is 0 Å². The SMILES string of the molecule is CN[Si]1(C)N[Si](C)(N)N[Si](C)(N)N[Si](C)(NC)N1. The van der Waals surface area contributed by atoms with E-state index in [2.05, 4.69) is 41.7 Å². The highest BCUT2D eigenvalue weighted by Crippen LogP contribution is 2.04. The number of hydrogen-bond acceptors (Lipinski definition) is 8. The van der Waals surface area contributed by atoms with Crippen LogP contribution in [-0.4, -0.2) is 48.3 Å². The Bertz CT molecular complexity index is 286. The molecule has 12 heteroatoms. The maximum absolute atomic E-state index is 6.39. The molecule has 0 aromatic rings. The highest BCUT2D eigenvalue weighted by molar-refractivity contribution is 7.03. The Kier molecular flexibility index (Phi) is 4.75. The number of hydrogen-bond donors (Lipinski definition) is 8. The van der Waals surface area contributed by atoms with Crippen LogP contribution in [0.5, 0.6) is 0 Å². The quantitative estimate of drug-likeness (QED) is 0.253. The van der Waals surface area contributed by atoms with Crippen molar-refractivity contribution in [3.63, 3.8) is 0 Å². The summed E-state index contributed by atoms with van der Waals surface area (Å²) < 4.78 is 14.4. The van der Waals surface area contributed by atoms with Crippen molar-refractivity contribution in [3.8, 4) is 0 Å². The molecule has 0 radical (unpaired) electrons. The zero-order chi connectivity index (χ0) is 14.2. The Balaban J connectivity index is 3.07. The third-order valence-electron chi connectivity index (χ3n) is 3.04. The maximum atomic E-state index is 6.39. The Morgan fingerprint density at radius 3 is 1.28 bits per heavy atom. The molecule has 1 fully saturated rings. The van der Waals surface area contributed by atoms with E-state index in [4.69, 9.17) is 10.8 Å². The van der Waals surface area contributed by atoms with Crippen LogP contribution in [0.2, 0.25) is 26.2 Å². The summed E-state index contributed by atoms with van der Waals surface area (Å²) in [6, 6.07) is 0. The lowest BCUT2D eigenvalue weighted by Gasteiger charge is -2.49. The van der Waals surface area contributed by atoms with Crippen molar-refractivity contribution in [1.29, 1.82) is 0 Å². The summed E-state index contributed by atoms with van der Waals surface area (Å²) >= 11 is 0. The molecule has 18 heavy (non-hydrogen) atoms. The standard InChI is InChI=1S/C6H28N8Si4/c1-9-17(5)12-15(3,7)11-16(4,8)13-18(6,10-2)14-17/h9-14H,7-8H2,1-6H3. The van der Waals surface area contributed by atoms with Gasteiger partial charge in [0.05, 0.1) is 0 Å². The molecule has 0 aliphatic carbocycles. The summed E-state index contributed by atoms with van der Waals surface area (Å²) in [7, 11) is -4.59. The van der Waals surface area contributed by atoms with Crippen LogP contribution in [0.15, 0.2) is 0 Å². The average Bonchev–Trinajstić information content (AvgIpc) is 2.11. The van der Waals surface area contributed by atoms with Gasteiger partial charge in [0.25, 0.3) is 34.2 Å². The molecular formula is C6H28N8Si4. The summed E-state index contributed by atoms with van der Waals surface area (Å²) in [6.45, 7) is 8.44. The summed E-state index contributed by atoms with van der Waals surface area (Å²) in [5.41, 5.74) is 0. The first kappa shape index (κ1) is 16.6. The highest BCUT2D eigenvalue weighted by atomic mass is 28.5. The van der Waals surface area contributed by atoms with Gasteiger partial charge in [-0.25, -0.2) is 0 Å². The number of nitrogens with one attached hydrogen (secondary N) is 6. The smallest absolute Gasteiger partial charge is 0.268 e. The van der Waals surface area contributed by atoms with Gasteiger partial charge in [0.15, 0.2) is 0 Å². The van der Waals surface area contributed by atoms with E-state index in [1.54, 1.807) is 0 Å². The molecule has 1 aliphatic rings. The van der Waals surface area contributed by atoms with E-state index in [1.807, 2.05) is 27.2 Å². The molecule has 0 aromatic carbocycles. The fourth-order valence-corrected chi connectivity index (χ4v) is 24.3. The van der Waals surface area contributed by atoms with Crippen LogP contribution in [-0.2, 0) is 0 Å². The van der Waals surface area contributed by atoms with Gasteiger partial charge in [-0.2, -0.15) is 0 Å². The van der Waals surface area contributed by atoms with Crippen LogP contribution in [0, 0.1) is 0 Å². The lowest BCUT2D eigenvalue weighted by Crippen LogP contribution is -2.97. The predicted octanol–water partition coefficient (Wildman–Crippen LogP) is -3.01. The third kappa shape index (κ3) is 4.29. The van der Waals surface area contributed by atoms with Crippen LogP contribution < -0.4 is 39.4 Å². The monoisotopic (exact) mass is 324 g/mol. The summed E-state index contributed by atoms with van der Waals surface area (Å²) in [6.07, 6.45) is 0. The van der Waals surface area contributed by atoms with E-state index in [-0.39, 0.29) is 0 Å². The number of nitrogens with two attached hydrogens (primary N) is 2. The molecule has 1 saturated heterocycles. The maximum Gasteiger partial charge on any atom is 0.268 e. The largest absolute Gasteiger partial charge is 0.328 e. The molecule has 108 valence electrons. The second-order valence-electron chi connectivity index (χ2n) is 5.65. The minimum atomic E-state index is -2.23. The van der Waals surface area contributed by atoms with E-state index >= 15 is 0 Å². The van der Waals surface area contributed by atoms with E-state index in [9.17, 15) is 0 Å². The molecule has 8 nitrogen and oxygen atoms in total. The van der Waals surface area contributed by atoms with Gasteiger partial charge in [-0.3, -0.25) is 0 Å². The van der Waals surface area contributed by atoms with Crippen molar-refractivity contribution in [1.82, 2.24) is 28.6 Å². The minimum absolute atomic E-state index is 1.96. The molecule has 1 aliphatic heterocycles. The van der Waals surface area contributed by atoms with Crippen molar-refractivity contribution < 1.29 is 0 Å². The molecule has 0 spiro atoms. The second-order valence-corrected chi connectivity index (χ2v) is 20.0. The van der Waals surface area contributed by atoms with E-state index in [0.29, 0.717) is 0 Å². The zero-order valence-electron chi connectivity index (χ0n) is 12.2. The molecule has 0 bridgehead atoms. The van der Waals surface area contributed by atoms with Crippen molar-refractivity contribution in [2.45, 2.75) is 26.2 Å². The van der Waals surface area contributed by atoms with Gasteiger partial charge in [-0.15, -0.1) is 0 Å². The predicted molar refractivity (Wildman–Crippen MR) is 85.5 cm³/mol. The lowest BCUT2D eigenvalue weighted by molar-refractivity contribution is 0.911. The van der Waals surface area contributed by atoms with Crippen molar-refractivity contribution >= 4 is 34.2 Å². The van der Waals surface area contributed by atoms with Gasteiger partial charge < -0.3 is 39.4 Å². The minimum Gasteiger partial charge on any atom is -0.328 e.